The summed E-state index contributed by atoms with van der Waals surface area (Å²) in [5, 5.41) is 10.5. The predicted molar refractivity (Wildman–Crippen MR) is 124 cm³/mol. The standard InChI is InChI=1S/C25H41N3O3/c1-30-24-10-9-21(18-27-13-15-28(16-14-27)22-7-3-4-8-22)17-25(24)31-20-23(29)19-26-11-5-2-6-12-26/h9-10,17,22-23,29H,2-8,11-16,18-20H2,1H3/t23-/m0/s1. The molecule has 1 atom stereocenters. The van der Waals surface area contributed by atoms with Gasteiger partial charge >= 0.3 is 0 Å². The first-order valence-electron chi connectivity index (χ1n) is 12.4. The lowest BCUT2D eigenvalue weighted by atomic mass is 10.1. The van der Waals surface area contributed by atoms with Crippen LogP contribution in [0.3, 0.4) is 0 Å². The summed E-state index contributed by atoms with van der Waals surface area (Å²) < 4.78 is 11.5. The van der Waals surface area contributed by atoms with Crippen molar-refractivity contribution >= 4 is 0 Å². The van der Waals surface area contributed by atoms with E-state index in [9.17, 15) is 5.11 Å². The van der Waals surface area contributed by atoms with Crippen LogP contribution in [-0.4, -0.2) is 91.5 Å². The average Bonchev–Trinajstić information content (AvgIpc) is 3.34. The van der Waals surface area contributed by atoms with Gasteiger partial charge in [0.25, 0.3) is 0 Å². The van der Waals surface area contributed by atoms with Crippen molar-refractivity contribution < 1.29 is 14.6 Å². The average molecular weight is 432 g/mol. The molecule has 31 heavy (non-hydrogen) atoms. The molecule has 1 saturated carbocycles. The van der Waals surface area contributed by atoms with E-state index in [0.29, 0.717) is 13.2 Å². The minimum absolute atomic E-state index is 0.302. The Morgan fingerprint density at radius 3 is 2.35 bits per heavy atom. The minimum Gasteiger partial charge on any atom is -0.493 e. The molecule has 3 fully saturated rings. The van der Waals surface area contributed by atoms with E-state index in [2.05, 4.69) is 26.8 Å². The maximum absolute atomic E-state index is 10.5. The van der Waals surface area contributed by atoms with Gasteiger partial charge in [0.15, 0.2) is 11.5 Å². The van der Waals surface area contributed by atoms with E-state index < -0.39 is 6.10 Å². The maximum Gasteiger partial charge on any atom is 0.161 e. The highest BCUT2D eigenvalue weighted by atomic mass is 16.5. The summed E-state index contributed by atoms with van der Waals surface area (Å²) in [6, 6.07) is 7.06. The van der Waals surface area contributed by atoms with Crippen LogP contribution in [0.15, 0.2) is 18.2 Å². The van der Waals surface area contributed by atoms with Crippen LogP contribution in [0.25, 0.3) is 0 Å². The van der Waals surface area contributed by atoms with Crippen molar-refractivity contribution in [2.45, 2.75) is 63.6 Å². The molecule has 1 aromatic carbocycles. The van der Waals surface area contributed by atoms with Crippen LogP contribution in [0.4, 0.5) is 0 Å². The van der Waals surface area contributed by atoms with E-state index in [1.54, 1.807) is 7.11 Å². The summed E-state index contributed by atoms with van der Waals surface area (Å²) in [6.45, 7) is 8.74. The fraction of sp³-hybridized carbons (Fsp3) is 0.760. The third-order valence-corrected chi connectivity index (χ3v) is 7.23. The van der Waals surface area contributed by atoms with Gasteiger partial charge in [-0.15, -0.1) is 0 Å². The second-order valence-electron chi connectivity index (χ2n) is 9.56. The summed E-state index contributed by atoms with van der Waals surface area (Å²) in [7, 11) is 1.67. The summed E-state index contributed by atoms with van der Waals surface area (Å²) >= 11 is 0. The number of hydrogen-bond acceptors (Lipinski definition) is 6. The van der Waals surface area contributed by atoms with Crippen molar-refractivity contribution in [3.8, 4) is 11.5 Å². The number of aliphatic hydroxyl groups is 1. The highest BCUT2D eigenvalue weighted by molar-refractivity contribution is 5.43. The molecule has 2 heterocycles. The molecule has 2 saturated heterocycles. The monoisotopic (exact) mass is 431 g/mol. The molecule has 0 radical (unpaired) electrons. The van der Waals surface area contributed by atoms with E-state index in [1.165, 1.54) is 63.6 Å². The minimum atomic E-state index is -0.477. The predicted octanol–water partition coefficient (Wildman–Crippen LogP) is 2.98. The first kappa shape index (κ1) is 22.8. The summed E-state index contributed by atoms with van der Waals surface area (Å²) in [5.74, 6) is 1.47. The van der Waals surface area contributed by atoms with Gasteiger partial charge in [0.1, 0.15) is 12.7 Å². The molecule has 0 spiro atoms. The summed E-state index contributed by atoms with van der Waals surface area (Å²) in [6.07, 6.45) is 8.90. The van der Waals surface area contributed by atoms with E-state index in [0.717, 1.165) is 50.3 Å². The quantitative estimate of drug-likeness (QED) is 0.649. The number of likely N-dealkylation sites (tertiary alicyclic amines) is 1. The van der Waals surface area contributed by atoms with Crippen molar-refractivity contribution in [3.63, 3.8) is 0 Å². The highest BCUT2D eigenvalue weighted by Crippen LogP contribution is 2.29. The first-order valence-corrected chi connectivity index (χ1v) is 12.4. The number of nitrogens with zero attached hydrogens (tertiary/aromatic N) is 3. The molecule has 0 bridgehead atoms. The molecule has 6 heteroatoms. The summed E-state index contributed by atoms with van der Waals surface area (Å²) in [5.41, 5.74) is 1.25. The number of β-amino-alcohol motifs (C(OH)–C–C–N with tert-alkyl or cyclic N) is 1. The zero-order valence-corrected chi connectivity index (χ0v) is 19.3. The molecule has 0 unspecified atom stereocenters. The number of rotatable bonds is 9. The lowest BCUT2D eigenvalue weighted by molar-refractivity contribution is 0.0607. The zero-order chi connectivity index (χ0) is 21.5. The van der Waals surface area contributed by atoms with Gasteiger partial charge in [0.2, 0.25) is 0 Å². The van der Waals surface area contributed by atoms with Crippen LogP contribution < -0.4 is 9.47 Å². The molecule has 0 aromatic heterocycles. The fourth-order valence-electron chi connectivity index (χ4n) is 5.43. The van der Waals surface area contributed by atoms with Gasteiger partial charge in [-0.05, 0) is 56.5 Å². The molecule has 174 valence electrons. The topological polar surface area (TPSA) is 48.4 Å². The fourth-order valence-corrected chi connectivity index (χ4v) is 5.43. The Bertz CT molecular complexity index is 666. The number of piperidine rings is 1. The van der Waals surface area contributed by atoms with E-state index >= 15 is 0 Å². The highest BCUT2D eigenvalue weighted by Gasteiger charge is 2.26. The zero-order valence-electron chi connectivity index (χ0n) is 19.3. The molecule has 4 rings (SSSR count). The Morgan fingerprint density at radius 1 is 0.903 bits per heavy atom. The largest absolute Gasteiger partial charge is 0.493 e. The second kappa shape index (κ2) is 11.5. The Hall–Kier alpha value is -1.34. The molecule has 2 aliphatic heterocycles. The molecule has 1 aliphatic carbocycles. The Labute approximate surface area is 188 Å². The number of ether oxygens (including phenoxy) is 2. The van der Waals surface area contributed by atoms with Crippen LogP contribution in [0.5, 0.6) is 11.5 Å². The van der Waals surface area contributed by atoms with Crippen LogP contribution in [0.2, 0.25) is 0 Å². The Balaban J connectivity index is 1.26. The molecular weight excluding hydrogens is 390 g/mol. The van der Waals surface area contributed by atoms with Crippen LogP contribution in [0, 0.1) is 0 Å². The van der Waals surface area contributed by atoms with Gasteiger partial charge in [-0.2, -0.15) is 0 Å². The van der Waals surface area contributed by atoms with Crippen LogP contribution >= 0.6 is 0 Å². The van der Waals surface area contributed by atoms with Crippen molar-refractivity contribution in [1.82, 2.24) is 14.7 Å². The van der Waals surface area contributed by atoms with E-state index in [4.69, 9.17) is 9.47 Å². The van der Waals surface area contributed by atoms with E-state index in [1.807, 2.05) is 6.07 Å². The molecule has 1 aromatic rings. The number of benzene rings is 1. The van der Waals surface area contributed by atoms with Gasteiger partial charge in [-0.3, -0.25) is 9.80 Å². The van der Waals surface area contributed by atoms with Crippen LogP contribution in [0.1, 0.15) is 50.5 Å². The smallest absolute Gasteiger partial charge is 0.161 e. The molecule has 3 aliphatic rings. The molecule has 1 N–H and O–H groups in total. The Kier molecular flexibility index (Phi) is 8.48. The van der Waals surface area contributed by atoms with Crippen molar-refractivity contribution in [2.75, 3.05) is 59.5 Å². The summed E-state index contributed by atoms with van der Waals surface area (Å²) in [4.78, 5) is 7.59. The molecule has 0 amide bonds. The lowest BCUT2D eigenvalue weighted by Gasteiger charge is -2.38. The number of aliphatic hydroxyl groups excluding tert-OH is 1. The first-order chi connectivity index (χ1) is 15.2. The van der Waals surface area contributed by atoms with Gasteiger partial charge in [-0.25, -0.2) is 0 Å². The van der Waals surface area contributed by atoms with Crippen molar-refractivity contribution in [3.05, 3.63) is 23.8 Å². The second-order valence-corrected chi connectivity index (χ2v) is 9.56. The van der Waals surface area contributed by atoms with E-state index in [-0.39, 0.29) is 0 Å². The molecular formula is C25H41N3O3. The number of hydrogen-bond donors (Lipinski definition) is 1. The van der Waals surface area contributed by atoms with Crippen molar-refractivity contribution in [1.29, 1.82) is 0 Å². The normalized spacial score (nSPS) is 23.2. The van der Waals surface area contributed by atoms with Gasteiger partial charge in [0, 0.05) is 45.3 Å². The van der Waals surface area contributed by atoms with Crippen LogP contribution in [-0.2, 0) is 6.54 Å². The van der Waals surface area contributed by atoms with Gasteiger partial charge in [0.05, 0.1) is 7.11 Å². The van der Waals surface area contributed by atoms with Gasteiger partial charge < -0.3 is 19.5 Å². The SMILES string of the molecule is COc1ccc(CN2CCN(C3CCCC3)CC2)cc1OC[C@@H](O)CN1CCCCC1. The number of methoxy groups -OCH3 is 1. The Morgan fingerprint density at radius 2 is 1.65 bits per heavy atom. The lowest BCUT2D eigenvalue weighted by Crippen LogP contribution is -2.49. The van der Waals surface area contributed by atoms with Gasteiger partial charge in [-0.1, -0.05) is 25.3 Å². The third-order valence-electron chi connectivity index (χ3n) is 7.23. The number of piperazine rings is 1. The third kappa shape index (κ3) is 6.58. The molecule has 6 nitrogen and oxygen atoms in total. The maximum atomic E-state index is 10.5. The van der Waals surface area contributed by atoms with Crippen molar-refractivity contribution in [2.24, 2.45) is 0 Å².